The molecule has 0 aliphatic rings. The summed E-state index contributed by atoms with van der Waals surface area (Å²) in [6.07, 6.45) is 0.480. The molecule has 1 amide bonds. The van der Waals surface area contributed by atoms with Crippen LogP contribution in [0.25, 0.3) is 0 Å². The van der Waals surface area contributed by atoms with E-state index in [0.717, 1.165) is 0 Å². The number of hydrogen-bond donors (Lipinski definition) is 2. The van der Waals surface area contributed by atoms with Gasteiger partial charge in [0.1, 0.15) is 5.75 Å². The summed E-state index contributed by atoms with van der Waals surface area (Å²) in [6, 6.07) is 10.2. The number of amides is 1. The lowest BCUT2D eigenvalue weighted by molar-refractivity contribution is 0.195. The highest BCUT2D eigenvalue weighted by Crippen LogP contribution is 2.29. The molecule has 0 fully saturated rings. The maximum absolute atomic E-state index is 11.5. The van der Waals surface area contributed by atoms with E-state index in [2.05, 4.69) is 4.98 Å². The monoisotopic (exact) mass is 301 g/mol. The zero-order chi connectivity index (χ0) is 16.3. The Morgan fingerprint density at radius 2 is 2.00 bits per heavy atom. The van der Waals surface area contributed by atoms with Gasteiger partial charge in [0.05, 0.1) is 17.6 Å². The molecule has 6 heteroatoms. The molecule has 3 N–H and O–H groups in total. The van der Waals surface area contributed by atoms with Gasteiger partial charge in [-0.3, -0.25) is 4.90 Å². The maximum Gasteiger partial charge on any atom is 0.412 e. The molecular weight excluding hydrogens is 282 g/mol. The molecule has 22 heavy (non-hydrogen) atoms. The van der Waals surface area contributed by atoms with Crippen molar-refractivity contribution in [1.82, 2.24) is 4.98 Å². The number of nitrogens with two attached hydrogens (primary N) is 1. The summed E-state index contributed by atoms with van der Waals surface area (Å²) in [5, 5.41) is 9.43. The molecule has 1 heterocycles. The number of pyridine rings is 1. The molecule has 0 saturated heterocycles. The van der Waals surface area contributed by atoms with Crippen molar-refractivity contribution in [3.8, 4) is 11.6 Å². The fourth-order valence-electron chi connectivity index (χ4n) is 2.04. The standard InChI is InChI=1S/C16H19N3O3/c1-16(2,3)19(15(20)21)12-5-4-6-13(9-12)22-14-8-7-11(17)10-18-14/h4-10H,17H2,1-3H3,(H,20,21). The Kier molecular flexibility index (Phi) is 4.21. The minimum atomic E-state index is -1.02. The van der Waals surface area contributed by atoms with E-state index in [0.29, 0.717) is 23.0 Å². The van der Waals surface area contributed by atoms with Gasteiger partial charge >= 0.3 is 6.09 Å². The van der Waals surface area contributed by atoms with Crippen molar-refractivity contribution in [2.75, 3.05) is 10.6 Å². The smallest absolute Gasteiger partial charge is 0.412 e. The molecule has 1 aromatic carbocycles. The quantitative estimate of drug-likeness (QED) is 0.901. The molecule has 0 atom stereocenters. The third kappa shape index (κ3) is 3.66. The van der Waals surface area contributed by atoms with Gasteiger partial charge in [-0.05, 0) is 39.0 Å². The molecule has 2 rings (SSSR count). The highest BCUT2D eigenvalue weighted by atomic mass is 16.5. The molecule has 116 valence electrons. The lowest BCUT2D eigenvalue weighted by Gasteiger charge is -2.33. The number of anilines is 2. The first-order chi connectivity index (χ1) is 10.3. The van der Waals surface area contributed by atoms with E-state index in [1.807, 2.05) is 20.8 Å². The Morgan fingerprint density at radius 1 is 1.27 bits per heavy atom. The van der Waals surface area contributed by atoms with Crippen molar-refractivity contribution in [2.24, 2.45) is 0 Å². The van der Waals surface area contributed by atoms with Gasteiger partial charge in [0.25, 0.3) is 0 Å². The molecule has 0 radical (unpaired) electrons. The van der Waals surface area contributed by atoms with Crippen LogP contribution in [0.3, 0.4) is 0 Å². The van der Waals surface area contributed by atoms with Crippen LogP contribution in [0.15, 0.2) is 42.6 Å². The van der Waals surface area contributed by atoms with Crippen LogP contribution in [0.5, 0.6) is 11.6 Å². The minimum Gasteiger partial charge on any atom is -0.465 e. The third-order valence-corrected chi connectivity index (χ3v) is 2.92. The Bertz CT molecular complexity index is 663. The Hall–Kier alpha value is -2.76. The number of rotatable bonds is 3. The highest BCUT2D eigenvalue weighted by Gasteiger charge is 2.28. The summed E-state index contributed by atoms with van der Waals surface area (Å²) in [7, 11) is 0. The van der Waals surface area contributed by atoms with Crippen LogP contribution in [0.2, 0.25) is 0 Å². The van der Waals surface area contributed by atoms with Crippen LogP contribution in [-0.2, 0) is 0 Å². The number of aromatic nitrogens is 1. The van der Waals surface area contributed by atoms with Crippen LogP contribution in [0, 0.1) is 0 Å². The number of nitrogen functional groups attached to an aromatic ring is 1. The molecule has 0 unspecified atom stereocenters. The SMILES string of the molecule is CC(C)(C)N(C(=O)O)c1cccc(Oc2ccc(N)cn2)c1. The molecule has 1 aromatic heterocycles. The van der Waals surface area contributed by atoms with Gasteiger partial charge in [-0.2, -0.15) is 0 Å². The van der Waals surface area contributed by atoms with Crippen LogP contribution in [0.4, 0.5) is 16.2 Å². The van der Waals surface area contributed by atoms with Gasteiger partial charge in [-0.15, -0.1) is 0 Å². The predicted octanol–water partition coefficient (Wildman–Crippen LogP) is 3.74. The first kappa shape index (κ1) is 15.6. The first-order valence-electron chi connectivity index (χ1n) is 6.80. The van der Waals surface area contributed by atoms with Crippen molar-refractivity contribution in [1.29, 1.82) is 0 Å². The predicted molar refractivity (Wildman–Crippen MR) is 85.4 cm³/mol. The van der Waals surface area contributed by atoms with E-state index in [1.165, 1.54) is 11.1 Å². The van der Waals surface area contributed by atoms with E-state index in [9.17, 15) is 9.90 Å². The van der Waals surface area contributed by atoms with E-state index in [1.54, 1.807) is 36.4 Å². The van der Waals surface area contributed by atoms with Gasteiger partial charge in [0.15, 0.2) is 0 Å². The topological polar surface area (TPSA) is 88.7 Å². The summed E-state index contributed by atoms with van der Waals surface area (Å²) in [4.78, 5) is 16.9. The average Bonchev–Trinajstić information content (AvgIpc) is 2.40. The summed E-state index contributed by atoms with van der Waals surface area (Å²) < 4.78 is 5.63. The maximum atomic E-state index is 11.5. The molecule has 0 saturated carbocycles. The Balaban J connectivity index is 2.29. The van der Waals surface area contributed by atoms with Crippen molar-refractivity contribution in [3.63, 3.8) is 0 Å². The van der Waals surface area contributed by atoms with Gasteiger partial charge in [-0.25, -0.2) is 9.78 Å². The van der Waals surface area contributed by atoms with Gasteiger partial charge in [-0.1, -0.05) is 6.07 Å². The van der Waals surface area contributed by atoms with E-state index >= 15 is 0 Å². The molecule has 0 aliphatic carbocycles. The number of benzene rings is 1. The molecule has 0 bridgehead atoms. The average molecular weight is 301 g/mol. The van der Waals surface area contributed by atoms with Crippen molar-refractivity contribution in [2.45, 2.75) is 26.3 Å². The summed E-state index contributed by atoms with van der Waals surface area (Å²) in [5.74, 6) is 0.897. The second kappa shape index (κ2) is 5.93. The van der Waals surface area contributed by atoms with E-state index < -0.39 is 11.6 Å². The molecular formula is C16H19N3O3. The van der Waals surface area contributed by atoms with Crippen molar-refractivity contribution in [3.05, 3.63) is 42.6 Å². The minimum absolute atomic E-state index is 0.393. The fraction of sp³-hybridized carbons (Fsp3) is 0.250. The van der Waals surface area contributed by atoms with E-state index in [4.69, 9.17) is 10.5 Å². The molecule has 6 nitrogen and oxygen atoms in total. The lowest BCUT2D eigenvalue weighted by Crippen LogP contribution is -2.45. The van der Waals surface area contributed by atoms with Crippen LogP contribution in [-0.4, -0.2) is 21.7 Å². The number of hydrogen-bond acceptors (Lipinski definition) is 4. The molecule has 2 aromatic rings. The zero-order valence-corrected chi connectivity index (χ0v) is 12.8. The lowest BCUT2D eigenvalue weighted by atomic mass is 10.1. The summed E-state index contributed by atoms with van der Waals surface area (Å²) in [5.41, 5.74) is 6.09. The van der Waals surface area contributed by atoms with Crippen molar-refractivity contribution < 1.29 is 14.6 Å². The second-order valence-electron chi connectivity index (χ2n) is 5.82. The third-order valence-electron chi connectivity index (χ3n) is 2.92. The second-order valence-corrected chi connectivity index (χ2v) is 5.82. The van der Waals surface area contributed by atoms with Gasteiger partial charge in [0, 0.05) is 17.7 Å². The Labute approximate surface area is 129 Å². The molecule has 0 spiro atoms. The first-order valence-corrected chi connectivity index (χ1v) is 6.80. The van der Waals surface area contributed by atoms with Crippen LogP contribution >= 0.6 is 0 Å². The summed E-state index contributed by atoms with van der Waals surface area (Å²) in [6.45, 7) is 5.49. The molecule has 0 aliphatic heterocycles. The number of carboxylic acid groups (broad SMARTS) is 1. The summed E-state index contributed by atoms with van der Waals surface area (Å²) >= 11 is 0. The van der Waals surface area contributed by atoms with Crippen LogP contribution in [0.1, 0.15) is 20.8 Å². The van der Waals surface area contributed by atoms with E-state index in [-0.39, 0.29) is 0 Å². The highest BCUT2D eigenvalue weighted by molar-refractivity contribution is 5.87. The van der Waals surface area contributed by atoms with Crippen molar-refractivity contribution >= 4 is 17.5 Å². The normalized spacial score (nSPS) is 11.0. The number of carbonyl (C=O) groups is 1. The fourth-order valence-corrected chi connectivity index (χ4v) is 2.04. The number of ether oxygens (including phenoxy) is 1. The largest absolute Gasteiger partial charge is 0.465 e. The number of nitrogens with zero attached hydrogens (tertiary/aromatic N) is 2. The van der Waals surface area contributed by atoms with Gasteiger partial charge in [0.2, 0.25) is 5.88 Å². The van der Waals surface area contributed by atoms with Gasteiger partial charge < -0.3 is 15.6 Å². The Morgan fingerprint density at radius 3 is 2.55 bits per heavy atom. The van der Waals surface area contributed by atoms with Crippen LogP contribution < -0.4 is 15.4 Å². The zero-order valence-electron chi connectivity index (χ0n) is 12.8.